The van der Waals surface area contributed by atoms with Gasteiger partial charge < -0.3 is 5.73 Å². The number of hydrogen-bond donors (Lipinski definition) is 1. The number of nitrogens with zero attached hydrogens (tertiary/aromatic N) is 1. The normalized spacial score (nSPS) is 12.1. The average Bonchev–Trinajstić information content (AvgIpc) is 2.30. The predicted molar refractivity (Wildman–Crippen MR) is 65.5 cm³/mol. The van der Waals surface area contributed by atoms with E-state index >= 15 is 0 Å². The van der Waals surface area contributed by atoms with Crippen molar-refractivity contribution in [1.29, 1.82) is 0 Å². The van der Waals surface area contributed by atoms with E-state index in [1.807, 2.05) is 6.92 Å². The second-order valence-corrected chi connectivity index (χ2v) is 6.00. The SMILES string of the molecule is CCCCN(C)S(=O)(=O)c1cc(N)c(F)cc1F. The molecule has 0 aliphatic carbocycles. The van der Waals surface area contributed by atoms with E-state index < -0.39 is 26.6 Å². The summed E-state index contributed by atoms with van der Waals surface area (Å²) in [6, 6.07) is 1.29. The largest absolute Gasteiger partial charge is 0.396 e. The van der Waals surface area contributed by atoms with Crippen LogP contribution in [0.1, 0.15) is 19.8 Å². The van der Waals surface area contributed by atoms with Gasteiger partial charge in [-0.15, -0.1) is 0 Å². The number of hydrogen-bond acceptors (Lipinski definition) is 3. The van der Waals surface area contributed by atoms with E-state index in [9.17, 15) is 17.2 Å². The van der Waals surface area contributed by atoms with Crippen LogP contribution in [0.3, 0.4) is 0 Å². The first kappa shape index (κ1) is 14.8. The molecule has 1 aromatic carbocycles. The highest BCUT2D eigenvalue weighted by Gasteiger charge is 2.25. The maximum absolute atomic E-state index is 13.5. The minimum absolute atomic E-state index is 0.273. The van der Waals surface area contributed by atoms with Gasteiger partial charge in [0.1, 0.15) is 16.5 Å². The van der Waals surface area contributed by atoms with Crippen LogP contribution in [-0.4, -0.2) is 26.3 Å². The molecular formula is C11H16F2N2O2S. The van der Waals surface area contributed by atoms with Gasteiger partial charge in [0.05, 0.1) is 5.69 Å². The summed E-state index contributed by atoms with van der Waals surface area (Å²) in [7, 11) is -2.62. The molecule has 4 nitrogen and oxygen atoms in total. The van der Waals surface area contributed by atoms with Crippen molar-refractivity contribution in [2.75, 3.05) is 19.3 Å². The molecule has 0 radical (unpaired) electrons. The molecule has 0 atom stereocenters. The van der Waals surface area contributed by atoms with Gasteiger partial charge in [0.2, 0.25) is 10.0 Å². The fourth-order valence-corrected chi connectivity index (χ4v) is 2.70. The number of sulfonamides is 1. The average molecular weight is 278 g/mol. The van der Waals surface area contributed by atoms with Crippen molar-refractivity contribution in [3.63, 3.8) is 0 Å². The molecule has 0 fully saturated rings. The van der Waals surface area contributed by atoms with Crippen LogP contribution >= 0.6 is 0 Å². The van der Waals surface area contributed by atoms with Crippen molar-refractivity contribution >= 4 is 15.7 Å². The van der Waals surface area contributed by atoms with E-state index in [1.165, 1.54) is 7.05 Å². The Kier molecular flexibility index (Phi) is 4.64. The molecule has 1 aromatic rings. The van der Waals surface area contributed by atoms with Crippen molar-refractivity contribution in [3.8, 4) is 0 Å². The number of nitrogens with two attached hydrogens (primary N) is 1. The summed E-state index contributed by atoms with van der Waals surface area (Å²) < 4.78 is 51.6. The van der Waals surface area contributed by atoms with Gasteiger partial charge in [-0.05, 0) is 12.5 Å². The summed E-state index contributed by atoms with van der Waals surface area (Å²) in [5.74, 6) is -2.10. The number of halogens is 2. The van der Waals surface area contributed by atoms with Crippen molar-refractivity contribution < 1.29 is 17.2 Å². The van der Waals surface area contributed by atoms with Gasteiger partial charge >= 0.3 is 0 Å². The molecule has 102 valence electrons. The molecule has 0 amide bonds. The minimum atomic E-state index is -3.97. The molecule has 0 heterocycles. The quantitative estimate of drug-likeness (QED) is 0.837. The molecule has 2 N–H and O–H groups in total. The topological polar surface area (TPSA) is 63.4 Å². The standard InChI is InChI=1S/C11H16F2N2O2S/c1-3-4-5-15(2)18(16,17)11-7-10(14)8(12)6-9(11)13/h6-7H,3-5,14H2,1-2H3. The Hall–Kier alpha value is -1.21. The van der Waals surface area contributed by atoms with E-state index in [0.717, 1.165) is 16.8 Å². The lowest BCUT2D eigenvalue weighted by Crippen LogP contribution is -2.28. The van der Waals surface area contributed by atoms with E-state index in [1.54, 1.807) is 0 Å². The summed E-state index contributed by atoms with van der Waals surface area (Å²) in [6.45, 7) is 2.19. The van der Waals surface area contributed by atoms with Crippen LogP contribution in [-0.2, 0) is 10.0 Å². The van der Waals surface area contributed by atoms with Crippen molar-refractivity contribution in [1.82, 2.24) is 4.31 Å². The molecule has 0 saturated carbocycles. The number of rotatable bonds is 5. The van der Waals surface area contributed by atoms with Crippen molar-refractivity contribution in [2.24, 2.45) is 0 Å². The Labute approximate surface area is 105 Å². The van der Waals surface area contributed by atoms with Gasteiger partial charge in [-0.3, -0.25) is 0 Å². The monoisotopic (exact) mass is 278 g/mol. The Morgan fingerprint density at radius 3 is 2.44 bits per heavy atom. The first-order valence-corrected chi connectivity index (χ1v) is 6.95. The van der Waals surface area contributed by atoms with E-state index in [4.69, 9.17) is 5.73 Å². The van der Waals surface area contributed by atoms with Crippen LogP contribution in [0.5, 0.6) is 0 Å². The van der Waals surface area contributed by atoms with Crippen molar-refractivity contribution in [2.45, 2.75) is 24.7 Å². The fraction of sp³-hybridized carbons (Fsp3) is 0.455. The van der Waals surface area contributed by atoms with E-state index in [0.29, 0.717) is 12.5 Å². The molecule has 0 aliphatic rings. The van der Waals surface area contributed by atoms with Crippen LogP contribution in [0.25, 0.3) is 0 Å². The van der Waals surface area contributed by atoms with E-state index in [2.05, 4.69) is 0 Å². The van der Waals surface area contributed by atoms with Gasteiger partial charge in [-0.25, -0.2) is 21.5 Å². The number of anilines is 1. The Bertz CT molecular complexity index is 532. The lowest BCUT2D eigenvalue weighted by atomic mass is 10.3. The smallest absolute Gasteiger partial charge is 0.245 e. The second-order valence-electron chi connectivity index (χ2n) is 3.98. The van der Waals surface area contributed by atoms with Crippen LogP contribution in [0.4, 0.5) is 14.5 Å². The second kappa shape index (κ2) is 5.62. The molecule has 0 spiro atoms. The summed E-state index contributed by atoms with van der Waals surface area (Å²) in [5, 5.41) is 0. The number of nitrogen functional groups attached to an aromatic ring is 1. The Morgan fingerprint density at radius 2 is 1.89 bits per heavy atom. The number of benzene rings is 1. The van der Waals surface area contributed by atoms with Gasteiger partial charge in [0.15, 0.2) is 0 Å². The predicted octanol–water partition coefficient (Wildman–Crippen LogP) is 1.97. The van der Waals surface area contributed by atoms with Crippen LogP contribution in [0, 0.1) is 11.6 Å². The third-order valence-electron chi connectivity index (χ3n) is 2.57. The van der Waals surface area contributed by atoms with Crippen LogP contribution < -0.4 is 5.73 Å². The molecule has 1 rings (SSSR count). The molecule has 0 saturated heterocycles. The summed E-state index contributed by atoms with van der Waals surface area (Å²) in [6.07, 6.45) is 1.47. The van der Waals surface area contributed by atoms with Gasteiger partial charge in [-0.1, -0.05) is 13.3 Å². The molecule has 0 aliphatic heterocycles. The van der Waals surface area contributed by atoms with Crippen molar-refractivity contribution in [3.05, 3.63) is 23.8 Å². The van der Waals surface area contributed by atoms with Gasteiger partial charge in [0, 0.05) is 19.7 Å². The Morgan fingerprint density at radius 1 is 1.28 bits per heavy atom. The maximum Gasteiger partial charge on any atom is 0.245 e. The zero-order valence-electron chi connectivity index (χ0n) is 10.3. The lowest BCUT2D eigenvalue weighted by Gasteiger charge is -2.17. The fourth-order valence-electron chi connectivity index (χ4n) is 1.41. The van der Waals surface area contributed by atoms with Crippen LogP contribution in [0.15, 0.2) is 17.0 Å². The molecule has 7 heteroatoms. The Balaban J connectivity index is 3.16. The van der Waals surface area contributed by atoms with Gasteiger partial charge in [-0.2, -0.15) is 0 Å². The highest BCUT2D eigenvalue weighted by molar-refractivity contribution is 7.89. The third-order valence-corrected chi connectivity index (χ3v) is 4.44. The minimum Gasteiger partial charge on any atom is -0.396 e. The van der Waals surface area contributed by atoms with Crippen LogP contribution in [0.2, 0.25) is 0 Å². The number of unbranched alkanes of at least 4 members (excludes halogenated alkanes) is 1. The summed E-state index contributed by atoms with van der Waals surface area (Å²) in [5.41, 5.74) is 4.87. The van der Waals surface area contributed by atoms with Gasteiger partial charge in [0.25, 0.3) is 0 Å². The first-order chi connectivity index (χ1) is 8.30. The third kappa shape index (κ3) is 2.97. The lowest BCUT2D eigenvalue weighted by molar-refractivity contribution is 0.452. The summed E-state index contributed by atoms with van der Waals surface area (Å²) >= 11 is 0. The highest BCUT2D eigenvalue weighted by atomic mass is 32.2. The maximum atomic E-state index is 13.5. The molecule has 0 aromatic heterocycles. The zero-order valence-corrected chi connectivity index (χ0v) is 11.1. The summed E-state index contributed by atoms with van der Waals surface area (Å²) in [4.78, 5) is -0.597. The molecule has 0 unspecified atom stereocenters. The zero-order chi connectivity index (χ0) is 13.9. The molecule has 0 bridgehead atoms. The van der Waals surface area contributed by atoms with E-state index in [-0.39, 0.29) is 12.2 Å². The first-order valence-electron chi connectivity index (χ1n) is 5.51. The molecule has 18 heavy (non-hydrogen) atoms. The molecular weight excluding hydrogens is 262 g/mol. The highest BCUT2D eigenvalue weighted by Crippen LogP contribution is 2.23.